The average Bonchev–Trinajstić information content (AvgIpc) is 3.11. The van der Waals surface area contributed by atoms with Gasteiger partial charge in [-0.05, 0) is 49.5 Å². The van der Waals surface area contributed by atoms with Crippen LogP contribution in [0.1, 0.15) is 31.2 Å². The fourth-order valence-corrected chi connectivity index (χ4v) is 3.67. The molecule has 6 heteroatoms. The summed E-state index contributed by atoms with van der Waals surface area (Å²) in [5.74, 6) is 1.29. The Morgan fingerprint density at radius 2 is 2.09 bits per heavy atom. The summed E-state index contributed by atoms with van der Waals surface area (Å²) in [4.78, 5) is 12.3. The van der Waals surface area contributed by atoms with E-state index in [0.29, 0.717) is 15.0 Å². The van der Waals surface area contributed by atoms with Gasteiger partial charge in [0.25, 0.3) is 5.91 Å². The molecule has 22 heavy (non-hydrogen) atoms. The molecule has 4 nitrogen and oxygen atoms in total. The average molecular weight is 335 g/mol. The number of amides is 1. The monoisotopic (exact) mass is 335 g/mol. The molecule has 1 aromatic rings. The largest absolute Gasteiger partial charge is 0.493 e. The van der Waals surface area contributed by atoms with Gasteiger partial charge in [0.1, 0.15) is 4.32 Å². The van der Waals surface area contributed by atoms with E-state index >= 15 is 0 Å². The van der Waals surface area contributed by atoms with E-state index in [1.165, 1.54) is 24.6 Å². The molecule has 1 N–H and O–H groups in total. The summed E-state index contributed by atoms with van der Waals surface area (Å²) in [6.45, 7) is 0. The number of ether oxygens (including phenoxy) is 2. The molecule has 2 fully saturated rings. The van der Waals surface area contributed by atoms with Gasteiger partial charge in [-0.15, -0.1) is 0 Å². The van der Waals surface area contributed by atoms with Gasteiger partial charge in [-0.2, -0.15) is 0 Å². The van der Waals surface area contributed by atoms with Gasteiger partial charge in [0.05, 0.1) is 18.1 Å². The van der Waals surface area contributed by atoms with Crippen LogP contribution in [0.25, 0.3) is 6.08 Å². The van der Waals surface area contributed by atoms with E-state index in [9.17, 15) is 4.79 Å². The Morgan fingerprint density at radius 1 is 1.32 bits per heavy atom. The number of hydrogen-bond acceptors (Lipinski definition) is 5. The van der Waals surface area contributed by atoms with Crippen LogP contribution in [0, 0.1) is 0 Å². The lowest BCUT2D eigenvalue weighted by molar-refractivity contribution is -0.115. The summed E-state index contributed by atoms with van der Waals surface area (Å²) in [5.41, 5.74) is 0.887. The fourth-order valence-electron chi connectivity index (χ4n) is 2.63. The number of thiocarbonyl (C=S) groups is 1. The predicted octanol–water partition coefficient (Wildman–Crippen LogP) is 3.51. The maximum Gasteiger partial charge on any atom is 0.263 e. The van der Waals surface area contributed by atoms with Crippen LogP contribution in [0.2, 0.25) is 0 Å². The minimum Gasteiger partial charge on any atom is -0.493 e. The summed E-state index contributed by atoms with van der Waals surface area (Å²) in [6, 6.07) is 5.71. The minimum atomic E-state index is -0.153. The number of rotatable bonds is 4. The molecule has 0 unspecified atom stereocenters. The van der Waals surface area contributed by atoms with E-state index < -0.39 is 0 Å². The first-order valence-corrected chi connectivity index (χ1v) is 8.48. The highest BCUT2D eigenvalue weighted by Crippen LogP contribution is 2.34. The van der Waals surface area contributed by atoms with E-state index in [1.54, 1.807) is 13.2 Å². The van der Waals surface area contributed by atoms with Crippen molar-refractivity contribution in [2.24, 2.45) is 0 Å². The molecule has 1 aliphatic heterocycles. The second-order valence-corrected chi connectivity index (χ2v) is 7.01. The molecule has 116 valence electrons. The highest BCUT2D eigenvalue weighted by Gasteiger charge is 2.22. The lowest BCUT2D eigenvalue weighted by atomic mass is 10.2. The van der Waals surface area contributed by atoms with Crippen molar-refractivity contribution in [3.63, 3.8) is 0 Å². The summed E-state index contributed by atoms with van der Waals surface area (Å²) in [5, 5.41) is 2.61. The molecule has 1 amide bonds. The summed E-state index contributed by atoms with van der Waals surface area (Å²) in [6.07, 6.45) is 6.74. The van der Waals surface area contributed by atoms with Gasteiger partial charge in [0, 0.05) is 0 Å². The maximum atomic E-state index is 11.7. The van der Waals surface area contributed by atoms with Crippen molar-refractivity contribution in [3.05, 3.63) is 28.7 Å². The molecule has 1 saturated heterocycles. The topological polar surface area (TPSA) is 47.6 Å². The molecule has 1 heterocycles. The number of hydrogen-bond donors (Lipinski definition) is 1. The third-order valence-corrected chi connectivity index (χ3v) is 4.89. The van der Waals surface area contributed by atoms with E-state index in [4.69, 9.17) is 21.7 Å². The van der Waals surface area contributed by atoms with Crippen molar-refractivity contribution in [3.8, 4) is 11.5 Å². The highest BCUT2D eigenvalue weighted by atomic mass is 32.2. The molecule has 0 aromatic heterocycles. The summed E-state index contributed by atoms with van der Waals surface area (Å²) in [7, 11) is 1.62. The number of benzene rings is 1. The summed E-state index contributed by atoms with van der Waals surface area (Å²) >= 11 is 6.26. The molecule has 0 bridgehead atoms. The van der Waals surface area contributed by atoms with Gasteiger partial charge in [0.15, 0.2) is 11.5 Å². The standard InChI is InChI=1S/C16H17NO3S2/c1-19-13-8-10(9-14-15(18)17-16(21)22-14)6-7-12(13)20-11-4-2-3-5-11/h6-9,11H,2-5H2,1H3,(H,17,18,21)/b14-9-. The predicted molar refractivity (Wildman–Crippen MR) is 92.2 cm³/mol. The lowest BCUT2D eigenvalue weighted by Gasteiger charge is -2.16. The van der Waals surface area contributed by atoms with Gasteiger partial charge in [-0.1, -0.05) is 30.0 Å². The Kier molecular flexibility index (Phi) is 4.69. The van der Waals surface area contributed by atoms with Crippen LogP contribution < -0.4 is 14.8 Å². The number of nitrogens with one attached hydrogen (secondary N) is 1. The van der Waals surface area contributed by atoms with Crippen molar-refractivity contribution in [1.29, 1.82) is 0 Å². The molecule has 1 aliphatic carbocycles. The van der Waals surface area contributed by atoms with Crippen LogP contribution in [-0.4, -0.2) is 23.4 Å². The molecule has 0 spiro atoms. The van der Waals surface area contributed by atoms with Crippen molar-refractivity contribution >= 4 is 40.3 Å². The molecule has 1 aromatic carbocycles. The van der Waals surface area contributed by atoms with Crippen molar-refractivity contribution in [2.75, 3.05) is 7.11 Å². The first kappa shape index (κ1) is 15.4. The van der Waals surface area contributed by atoms with Crippen LogP contribution in [0.3, 0.4) is 0 Å². The number of methoxy groups -OCH3 is 1. The minimum absolute atomic E-state index is 0.153. The van der Waals surface area contributed by atoms with E-state index in [2.05, 4.69) is 5.32 Å². The van der Waals surface area contributed by atoms with Crippen molar-refractivity contribution < 1.29 is 14.3 Å². The van der Waals surface area contributed by atoms with Gasteiger partial charge in [0.2, 0.25) is 0 Å². The number of carbonyl (C=O) groups is 1. The van der Waals surface area contributed by atoms with E-state index in [-0.39, 0.29) is 12.0 Å². The smallest absolute Gasteiger partial charge is 0.263 e. The lowest BCUT2D eigenvalue weighted by Crippen LogP contribution is -2.17. The molecule has 2 aliphatic rings. The SMILES string of the molecule is COc1cc(/C=C2\SC(=S)NC2=O)ccc1OC1CCCC1. The zero-order valence-electron chi connectivity index (χ0n) is 12.3. The van der Waals surface area contributed by atoms with Crippen LogP contribution in [0.4, 0.5) is 0 Å². The normalized spacial score (nSPS) is 20.5. The fraction of sp³-hybridized carbons (Fsp3) is 0.375. The third-order valence-electron chi connectivity index (χ3n) is 3.72. The zero-order valence-corrected chi connectivity index (χ0v) is 13.9. The number of thioether (sulfide) groups is 1. The van der Waals surface area contributed by atoms with Gasteiger partial charge in [-0.3, -0.25) is 4.79 Å². The molecule has 0 atom stereocenters. The second kappa shape index (κ2) is 6.71. The van der Waals surface area contributed by atoms with Crippen LogP contribution in [0.15, 0.2) is 23.1 Å². The van der Waals surface area contributed by atoms with Gasteiger partial charge >= 0.3 is 0 Å². The molecular formula is C16H17NO3S2. The first-order valence-electron chi connectivity index (χ1n) is 7.25. The van der Waals surface area contributed by atoms with Crippen molar-refractivity contribution in [1.82, 2.24) is 5.32 Å². The molecular weight excluding hydrogens is 318 g/mol. The second-order valence-electron chi connectivity index (χ2n) is 5.29. The Hall–Kier alpha value is -1.53. The van der Waals surface area contributed by atoms with E-state index in [1.807, 2.05) is 18.2 Å². The van der Waals surface area contributed by atoms with Crippen molar-refractivity contribution in [2.45, 2.75) is 31.8 Å². The quantitative estimate of drug-likeness (QED) is 0.674. The third kappa shape index (κ3) is 3.44. The van der Waals surface area contributed by atoms with Crippen LogP contribution in [-0.2, 0) is 4.79 Å². The van der Waals surface area contributed by atoms with Crippen LogP contribution in [0.5, 0.6) is 11.5 Å². The Labute approximate surface area is 139 Å². The molecule has 0 radical (unpaired) electrons. The Balaban J connectivity index is 1.80. The molecule has 1 saturated carbocycles. The molecule has 3 rings (SSSR count). The number of carbonyl (C=O) groups excluding carboxylic acids is 1. The maximum absolute atomic E-state index is 11.7. The highest BCUT2D eigenvalue weighted by molar-refractivity contribution is 8.26. The van der Waals surface area contributed by atoms with Gasteiger partial charge in [-0.25, -0.2) is 0 Å². The zero-order chi connectivity index (χ0) is 15.5. The van der Waals surface area contributed by atoms with Gasteiger partial charge < -0.3 is 14.8 Å². The first-order chi connectivity index (χ1) is 10.7. The van der Waals surface area contributed by atoms with E-state index in [0.717, 1.165) is 24.2 Å². The summed E-state index contributed by atoms with van der Waals surface area (Å²) < 4.78 is 11.9. The Morgan fingerprint density at radius 3 is 2.73 bits per heavy atom. The van der Waals surface area contributed by atoms with Crippen LogP contribution >= 0.6 is 24.0 Å². The Bertz CT molecular complexity index is 636.